The van der Waals surface area contributed by atoms with E-state index >= 15 is 0 Å². The first kappa shape index (κ1) is 20.6. The summed E-state index contributed by atoms with van der Waals surface area (Å²) in [6.45, 7) is 3.42. The lowest BCUT2D eigenvalue weighted by Crippen LogP contribution is -2.59. The maximum atomic E-state index is 13.7. The molecule has 4 saturated carbocycles. The van der Waals surface area contributed by atoms with Gasteiger partial charge in [0.05, 0.1) is 12.0 Å². The summed E-state index contributed by atoms with van der Waals surface area (Å²) in [5, 5.41) is 7.54. The van der Waals surface area contributed by atoms with Gasteiger partial charge in [-0.25, -0.2) is 9.67 Å². The molecule has 0 spiro atoms. The summed E-state index contributed by atoms with van der Waals surface area (Å²) in [4.78, 5) is 17.7. The molecule has 170 valence electrons. The summed E-state index contributed by atoms with van der Waals surface area (Å²) >= 11 is 0. The number of benzene rings is 2. The van der Waals surface area contributed by atoms with Crippen LogP contribution in [0.25, 0.3) is 0 Å². The van der Waals surface area contributed by atoms with E-state index in [0.717, 1.165) is 24.8 Å². The van der Waals surface area contributed by atoms with Gasteiger partial charge in [0, 0.05) is 6.54 Å². The van der Waals surface area contributed by atoms with Gasteiger partial charge in [-0.15, -0.1) is 0 Å². The highest BCUT2D eigenvalue weighted by atomic mass is 16.2. The minimum Gasteiger partial charge on any atom is -0.352 e. The molecule has 5 nitrogen and oxygen atoms in total. The molecule has 4 fully saturated rings. The third-order valence-electron chi connectivity index (χ3n) is 8.46. The van der Waals surface area contributed by atoms with Crippen LogP contribution in [0.5, 0.6) is 0 Å². The number of nitrogens with one attached hydrogen (secondary N) is 1. The number of amides is 1. The zero-order valence-electron chi connectivity index (χ0n) is 19.3. The molecule has 1 aromatic heterocycles. The van der Waals surface area contributed by atoms with Crippen LogP contribution in [0.2, 0.25) is 0 Å². The highest BCUT2D eigenvalue weighted by Gasteiger charge is 2.60. The number of aromatic nitrogens is 3. The van der Waals surface area contributed by atoms with Crippen LogP contribution in [0.4, 0.5) is 0 Å². The highest BCUT2D eigenvalue weighted by Crippen LogP contribution is 2.65. The Hall–Kier alpha value is -2.95. The second-order valence-electron chi connectivity index (χ2n) is 11.0. The molecule has 7 rings (SSSR count). The Bertz CT molecular complexity index is 1140. The van der Waals surface area contributed by atoms with Gasteiger partial charge in [0.25, 0.3) is 0 Å². The fourth-order valence-corrected chi connectivity index (χ4v) is 7.48. The third kappa shape index (κ3) is 3.77. The summed E-state index contributed by atoms with van der Waals surface area (Å²) in [5.41, 5.74) is 5.06. The molecule has 1 heterocycles. The molecule has 2 atom stereocenters. The minimum atomic E-state index is -0.201. The van der Waals surface area contributed by atoms with Crippen molar-refractivity contribution in [3.05, 3.63) is 83.4 Å². The number of hydrogen-bond donors (Lipinski definition) is 1. The van der Waals surface area contributed by atoms with E-state index in [-0.39, 0.29) is 16.7 Å². The SMILES string of the molecule is Cc1ccc(C23CC4CC(CC(C(=O)NCc5cccc(Cn6cncn6)c5)(C4)C2)C3)cc1. The van der Waals surface area contributed by atoms with Crippen molar-refractivity contribution >= 4 is 5.91 Å². The number of hydrogen-bond acceptors (Lipinski definition) is 3. The first-order valence-electron chi connectivity index (χ1n) is 12.3. The Balaban J connectivity index is 1.19. The van der Waals surface area contributed by atoms with Gasteiger partial charge in [-0.1, -0.05) is 54.1 Å². The standard InChI is InChI=1S/C28H32N4O/c1-20-5-7-25(8-6-20)27-11-23-10-24(12-27)14-28(13-23,17-27)26(33)30-15-21-3-2-4-22(9-21)16-32-19-29-18-31-32/h2-9,18-19,23-24H,10-17H2,1H3,(H,30,33). The van der Waals surface area contributed by atoms with Crippen molar-refractivity contribution in [3.63, 3.8) is 0 Å². The molecule has 1 amide bonds. The van der Waals surface area contributed by atoms with Crippen LogP contribution in [0, 0.1) is 24.2 Å². The molecular formula is C28H32N4O. The van der Waals surface area contributed by atoms with Crippen molar-refractivity contribution in [2.24, 2.45) is 17.3 Å². The maximum Gasteiger partial charge on any atom is 0.226 e. The van der Waals surface area contributed by atoms with Gasteiger partial charge in [0.2, 0.25) is 5.91 Å². The van der Waals surface area contributed by atoms with Gasteiger partial charge < -0.3 is 5.32 Å². The number of aryl methyl sites for hydroxylation is 1. The van der Waals surface area contributed by atoms with Crippen LogP contribution < -0.4 is 5.32 Å². The summed E-state index contributed by atoms with van der Waals surface area (Å²) in [6, 6.07) is 17.6. The van der Waals surface area contributed by atoms with Crippen molar-refractivity contribution in [1.82, 2.24) is 20.1 Å². The van der Waals surface area contributed by atoms with Crippen molar-refractivity contribution < 1.29 is 4.79 Å². The molecule has 4 aliphatic carbocycles. The normalized spacial score (nSPS) is 29.8. The van der Waals surface area contributed by atoms with E-state index < -0.39 is 0 Å². The number of nitrogens with zero attached hydrogens (tertiary/aromatic N) is 3. The average Bonchev–Trinajstić information content (AvgIpc) is 3.30. The van der Waals surface area contributed by atoms with Crippen LogP contribution in [0.15, 0.2) is 61.2 Å². The molecule has 4 bridgehead atoms. The fraction of sp³-hybridized carbons (Fsp3) is 0.464. The fourth-order valence-electron chi connectivity index (χ4n) is 7.48. The summed E-state index contributed by atoms with van der Waals surface area (Å²) < 4.78 is 1.82. The molecule has 1 N–H and O–H groups in total. The van der Waals surface area contributed by atoms with Gasteiger partial charge in [-0.2, -0.15) is 5.10 Å². The first-order chi connectivity index (χ1) is 16.0. The molecule has 0 saturated heterocycles. The van der Waals surface area contributed by atoms with Gasteiger partial charge in [0.1, 0.15) is 12.7 Å². The quantitative estimate of drug-likeness (QED) is 0.600. The van der Waals surface area contributed by atoms with Crippen LogP contribution in [-0.4, -0.2) is 20.7 Å². The molecule has 2 aromatic carbocycles. The number of carbonyl (C=O) groups is 1. The average molecular weight is 441 g/mol. The Labute approximate surface area is 195 Å². The predicted molar refractivity (Wildman–Crippen MR) is 127 cm³/mol. The molecule has 5 heteroatoms. The maximum absolute atomic E-state index is 13.7. The zero-order valence-corrected chi connectivity index (χ0v) is 19.3. The number of carbonyl (C=O) groups excluding carboxylic acids is 1. The van der Waals surface area contributed by atoms with E-state index in [0.29, 0.717) is 24.9 Å². The van der Waals surface area contributed by atoms with Gasteiger partial charge in [-0.3, -0.25) is 4.79 Å². The van der Waals surface area contributed by atoms with Crippen LogP contribution >= 0.6 is 0 Å². The lowest BCUT2D eigenvalue weighted by Gasteiger charge is -2.61. The Morgan fingerprint density at radius 1 is 1.06 bits per heavy atom. The molecule has 2 unspecified atom stereocenters. The topological polar surface area (TPSA) is 59.8 Å². The molecule has 0 aliphatic heterocycles. The molecule has 3 aromatic rings. The van der Waals surface area contributed by atoms with E-state index in [2.05, 4.69) is 70.9 Å². The Morgan fingerprint density at radius 2 is 1.82 bits per heavy atom. The van der Waals surface area contributed by atoms with E-state index in [1.54, 1.807) is 12.7 Å². The zero-order chi connectivity index (χ0) is 22.5. The molecular weight excluding hydrogens is 408 g/mol. The smallest absolute Gasteiger partial charge is 0.226 e. The highest BCUT2D eigenvalue weighted by molar-refractivity contribution is 5.83. The number of rotatable bonds is 6. The van der Waals surface area contributed by atoms with Crippen molar-refractivity contribution in [2.45, 2.75) is 64.0 Å². The van der Waals surface area contributed by atoms with E-state index in [9.17, 15) is 4.79 Å². The van der Waals surface area contributed by atoms with Gasteiger partial charge in [0.15, 0.2) is 0 Å². The lowest BCUT2D eigenvalue weighted by atomic mass is 9.42. The van der Waals surface area contributed by atoms with E-state index in [1.165, 1.54) is 36.0 Å². The Kier molecular flexibility index (Phi) is 4.89. The van der Waals surface area contributed by atoms with Crippen molar-refractivity contribution in [3.8, 4) is 0 Å². The van der Waals surface area contributed by atoms with Crippen molar-refractivity contribution in [1.29, 1.82) is 0 Å². The summed E-state index contributed by atoms with van der Waals surface area (Å²) in [5.74, 6) is 1.64. The third-order valence-corrected chi connectivity index (χ3v) is 8.46. The van der Waals surface area contributed by atoms with Crippen LogP contribution in [0.1, 0.15) is 60.8 Å². The van der Waals surface area contributed by atoms with E-state index in [1.807, 2.05) is 4.68 Å². The summed E-state index contributed by atoms with van der Waals surface area (Å²) in [7, 11) is 0. The van der Waals surface area contributed by atoms with E-state index in [4.69, 9.17) is 0 Å². The van der Waals surface area contributed by atoms with Gasteiger partial charge >= 0.3 is 0 Å². The Morgan fingerprint density at radius 3 is 2.55 bits per heavy atom. The summed E-state index contributed by atoms with van der Waals surface area (Å²) in [6.07, 6.45) is 10.2. The lowest BCUT2D eigenvalue weighted by molar-refractivity contribution is -0.149. The van der Waals surface area contributed by atoms with Crippen LogP contribution in [-0.2, 0) is 23.3 Å². The van der Waals surface area contributed by atoms with Crippen LogP contribution in [0.3, 0.4) is 0 Å². The monoisotopic (exact) mass is 440 g/mol. The van der Waals surface area contributed by atoms with Crippen molar-refractivity contribution in [2.75, 3.05) is 0 Å². The first-order valence-corrected chi connectivity index (χ1v) is 12.3. The van der Waals surface area contributed by atoms with Gasteiger partial charge in [-0.05, 0) is 79.4 Å². The molecule has 33 heavy (non-hydrogen) atoms. The second kappa shape index (κ2) is 7.82. The second-order valence-corrected chi connectivity index (χ2v) is 11.0. The predicted octanol–water partition coefficient (Wildman–Crippen LogP) is 4.79. The molecule has 4 aliphatic rings. The molecule has 0 radical (unpaired) electrons. The largest absolute Gasteiger partial charge is 0.352 e. The minimum absolute atomic E-state index is 0.187.